The fourth-order valence-electron chi connectivity index (χ4n) is 3.30. The number of fused-ring (bicyclic) bond motifs is 1. The van der Waals surface area contributed by atoms with E-state index in [1.807, 2.05) is 12.3 Å². The number of aromatic nitrogens is 6. The zero-order valence-electron chi connectivity index (χ0n) is 15.4. The number of H-pyrrole nitrogens is 1. The van der Waals surface area contributed by atoms with Crippen molar-refractivity contribution < 1.29 is 13.5 Å². The summed E-state index contributed by atoms with van der Waals surface area (Å²) in [7, 11) is 0. The molecule has 4 aromatic heterocycles. The van der Waals surface area contributed by atoms with Crippen molar-refractivity contribution in [1.29, 1.82) is 0 Å². The van der Waals surface area contributed by atoms with Crippen LogP contribution in [0.25, 0.3) is 16.5 Å². The Bertz CT molecular complexity index is 1130. The van der Waals surface area contributed by atoms with Crippen LogP contribution in [0.1, 0.15) is 23.5 Å². The van der Waals surface area contributed by atoms with Gasteiger partial charge in [0.15, 0.2) is 10.8 Å². The molecule has 29 heavy (non-hydrogen) atoms. The number of thiazole rings is 1. The lowest BCUT2D eigenvalue weighted by Crippen LogP contribution is -2.38. The average molecular weight is 417 g/mol. The van der Waals surface area contributed by atoms with Crippen LogP contribution < -0.4 is 4.90 Å². The number of anilines is 1. The highest BCUT2D eigenvalue weighted by Gasteiger charge is 2.29. The zero-order chi connectivity index (χ0) is 20.0. The number of alkyl halides is 2. The van der Waals surface area contributed by atoms with Gasteiger partial charge in [0.2, 0.25) is 0 Å². The molecule has 150 valence electrons. The monoisotopic (exact) mass is 417 g/mol. The molecule has 8 nitrogen and oxygen atoms in total. The second-order valence-corrected chi connectivity index (χ2v) is 7.86. The minimum Gasteiger partial charge on any atom is -0.370 e. The number of nitrogens with one attached hydrogen (secondary N) is 1. The number of aromatic amines is 1. The number of hydrogen-bond donors (Lipinski definition) is 1. The number of nitrogens with zero attached hydrogens (tertiary/aromatic N) is 6. The van der Waals surface area contributed by atoms with Crippen LogP contribution in [0.5, 0.6) is 0 Å². The van der Waals surface area contributed by atoms with Gasteiger partial charge in [0.25, 0.3) is 5.92 Å². The maximum absolute atomic E-state index is 13.7. The van der Waals surface area contributed by atoms with E-state index in [0.29, 0.717) is 36.2 Å². The van der Waals surface area contributed by atoms with Gasteiger partial charge in [-0.2, -0.15) is 5.10 Å². The van der Waals surface area contributed by atoms with E-state index in [-0.39, 0.29) is 11.0 Å². The lowest BCUT2D eigenvalue weighted by atomic mass is 10.1. The molecule has 1 aliphatic heterocycles. The van der Waals surface area contributed by atoms with E-state index < -0.39 is 5.92 Å². The molecule has 0 saturated carbocycles. The first-order valence-electron chi connectivity index (χ1n) is 9.03. The van der Waals surface area contributed by atoms with Crippen molar-refractivity contribution in [3.05, 3.63) is 47.5 Å². The molecule has 5 rings (SSSR count). The van der Waals surface area contributed by atoms with Crippen LogP contribution in [0.4, 0.5) is 14.6 Å². The third kappa shape index (κ3) is 3.36. The van der Waals surface area contributed by atoms with Gasteiger partial charge in [-0.15, -0.1) is 0 Å². The first kappa shape index (κ1) is 18.1. The molecule has 1 N–H and O–H groups in total. The number of ether oxygens (including phenoxy) is 1. The average Bonchev–Trinajstić information content (AvgIpc) is 3.44. The molecule has 0 spiro atoms. The summed E-state index contributed by atoms with van der Waals surface area (Å²) in [5.41, 5.74) is 1.56. The SMILES string of the molecule is CC(F)(F)c1cn2c(-c3nccc(N4CCOC(c5cn[nH]c5)C4)n3)cnc2s1. The third-order valence-electron chi connectivity index (χ3n) is 4.79. The predicted molar refractivity (Wildman–Crippen MR) is 103 cm³/mol. The van der Waals surface area contributed by atoms with Crippen molar-refractivity contribution >= 4 is 22.1 Å². The summed E-state index contributed by atoms with van der Waals surface area (Å²) in [5.74, 6) is -1.73. The van der Waals surface area contributed by atoms with E-state index in [2.05, 4.69) is 30.0 Å². The van der Waals surface area contributed by atoms with Crippen LogP contribution in [-0.4, -0.2) is 49.2 Å². The van der Waals surface area contributed by atoms with Gasteiger partial charge in [0.05, 0.1) is 23.9 Å². The number of halogens is 2. The zero-order valence-corrected chi connectivity index (χ0v) is 16.2. The van der Waals surface area contributed by atoms with Crippen LogP contribution in [0.2, 0.25) is 0 Å². The van der Waals surface area contributed by atoms with Gasteiger partial charge in [0.1, 0.15) is 17.6 Å². The summed E-state index contributed by atoms with van der Waals surface area (Å²) < 4.78 is 34.8. The van der Waals surface area contributed by atoms with Gasteiger partial charge in [-0.3, -0.25) is 9.50 Å². The molecule has 5 heterocycles. The maximum Gasteiger partial charge on any atom is 0.281 e. The number of hydrogen-bond acceptors (Lipinski definition) is 7. The summed E-state index contributed by atoms with van der Waals surface area (Å²) in [6.07, 6.45) is 8.15. The molecule has 0 amide bonds. The Morgan fingerprint density at radius 2 is 2.21 bits per heavy atom. The van der Waals surface area contributed by atoms with Crippen molar-refractivity contribution in [2.24, 2.45) is 0 Å². The lowest BCUT2D eigenvalue weighted by molar-refractivity contribution is 0.0212. The molecule has 0 aromatic carbocycles. The van der Waals surface area contributed by atoms with E-state index in [1.165, 1.54) is 6.20 Å². The smallest absolute Gasteiger partial charge is 0.281 e. The topological polar surface area (TPSA) is 84.2 Å². The van der Waals surface area contributed by atoms with Crippen molar-refractivity contribution in [2.45, 2.75) is 19.0 Å². The van der Waals surface area contributed by atoms with E-state index in [0.717, 1.165) is 29.6 Å². The second-order valence-electron chi connectivity index (χ2n) is 6.86. The van der Waals surface area contributed by atoms with E-state index in [9.17, 15) is 8.78 Å². The highest BCUT2D eigenvalue weighted by molar-refractivity contribution is 7.17. The molecular weight excluding hydrogens is 400 g/mol. The minimum atomic E-state index is -2.92. The first-order valence-corrected chi connectivity index (χ1v) is 9.84. The predicted octanol–water partition coefficient (Wildman–Crippen LogP) is 3.27. The molecule has 0 radical (unpaired) electrons. The normalized spacial score (nSPS) is 17.9. The quantitative estimate of drug-likeness (QED) is 0.549. The van der Waals surface area contributed by atoms with Gasteiger partial charge < -0.3 is 9.64 Å². The molecule has 0 aliphatic carbocycles. The summed E-state index contributed by atoms with van der Waals surface area (Å²) in [6.45, 7) is 2.76. The van der Waals surface area contributed by atoms with Crippen molar-refractivity contribution in [2.75, 3.05) is 24.6 Å². The van der Waals surface area contributed by atoms with Crippen molar-refractivity contribution in [1.82, 2.24) is 29.5 Å². The molecule has 1 saturated heterocycles. The third-order valence-corrected chi connectivity index (χ3v) is 5.96. The van der Waals surface area contributed by atoms with Crippen molar-refractivity contribution in [3.63, 3.8) is 0 Å². The Morgan fingerprint density at radius 3 is 3.00 bits per heavy atom. The summed E-state index contributed by atoms with van der Waals surface area (Å²) >= 11 is 0.961. The molecule has 1 fully saturated rings. The molecular formula is C18H17F2N7OS. The van der Waals surface area contributed by atoms with Crippen LogP contribution in [-0.2, 0) is 10.7 Å². The number of imidazole rings is 1. The molecule has 1 atom stereocenters. The minimum absolute atomic E-state index is 0.0471. The van der Waals surface area contributed by atoms with Crippen LogP contribution in [0.15, 0.2) is 37.1 Å². The standard InChI is InChI=1S/C18H17F2N7OS/c1-18(19,20)14-10-27-12(8-22-17(27)29-14)16-21-3-2-15(25-16)26-4-5-28-13(9-26)11-6-23-24-7-11/h2-3,6-8,10,13H,4-5,9H2,1H3,(H,23,24). The van der Waals surface area contributed by atoms with Gasteiger partial charge in [-0.05, 0) is 6.07 Å². The van der Waals surface area contributed by atoms with Gasteiger partial charge in [-0.25, -0.2) is 23.7 Å². The largest absolute Gasteiger partial charge is 0.370 e. The van der Waals surface area contributed by atoms with Crippen LogP contribution >= 0.6 is 11.3 Å². The fourth-order valence-corrected chi connectivity index (χ4v) is 4.19. The highest BCUT2D eigenvalue weighted by Crippen LogP contribution is 2.34. The Labute approximate surface area is 168 Å². The van der Waals surface area contributed by atoms with Crippen molar-refractivity contribution in [3.8, 4) is 11.5 Å². The van der Waals surface area contributed by atoms with Gasteiger partial charge >= 0.3 is 0 Å². The highest BCUT2D eigenvalue weighted by atomic mass is 32.1. The number of morpholine rings is 1. The second kappa shape index (κ2) is 6.85. The summed E-state index contributed by atoms with van der Waals surface area (Å²) in [4.78, 5) is 15.8. The fraction of sp³-hybridized carbons (Fsp3) is 0.333. The Balaban J connectivity index is 1.46. The van der Waals surface area contributed by atoms with E-state index >= 15 is 0 Å². The molecule has 4 aromatic rings. The van der Waals surface area contributed by atoms with Gasteiger partial charge in [0, 0.05) is 44.2 Å². The van der Waals surface area contributed by atoms with Crippen LogP contribution in [0, 0.1) is 0 Å². The van der Waals surface area contributed by atoms with Crippen LogP contribution in [0.3, 0.4) is 0 Å². The van der Waals surface area contributed by atoms with Gasteiger partial charge in [-0.1, -0.05) is 11.3 Å². The maximum atomic E-state index is 13.7. The summed E-state index contributed by atoms with van der Waals surface area (Å²) in [5, 5.41) is 6.78. The van der Waals surface area contributed by atoms with E-state index in [4.69, 9.17) is 4.74 Å². The molecule has 11 heteroatoms. The lowest BCUT2D eigenvalue weighted by Gasteiger charge is -2.33. The van der Waals surface area contributed by atoms with E-state index in [1.54, 1.807) is 23.0 Å². The Kier molecular flexibility index (Phi) is 4.28. The molecule has 1 aliphatic rings. The molecule has 1 unspecified atom stereocenters. The Morgan fingerprint density at radius 1 is 1.31 bits per heavy atom. The first-order chi connectivity index (χ1) is 14.0. The number of rotatable bonds is 4. The summed E-state index contributed by atoms with van der Waals surface area (Å²) in [6, 6.07) is 1.83. The Hall–Kier alpha value is -2.92. The molecule has 0 bridgehead atoms.